The van der Waals surface area contributed by atoms with Crippen LogP contribution in [0.2, 0.25) is 0 Å². The number of carbonyl (C=O) groups excluding carboxylic acids is 2. The monoisotopic (exact) mass is 376 g/mol. The molecule has 10 nitrogen and oxygen atoms in total. The fraction of sp³-hybridized carbons (Fsp3) is 0.750. The number of esters is 2. The molecule has 10 heteroatoms. The van der Waals surface area contributed by atoms with E-state index in [0.29, 0.717) is 0 Å². The van der Waals surface area contributed by atoms with E-state index >= 15 is 0 Å². The fourth-order valence-electron chi connectivity index (χ4n) is 3.04. The predicted octanol–water partition coefficient (Wildman–Crippen LogP) is -0.210. The van der Waals surface area contributed by atoms with E-state index < -0.39 is 59.8 Å². The van der Waals surface area contributed by atoms with Crippen LogP contribution in [0.3, 0.4) is 0 Å². The largest absolute Gasteiger partial charge is 0.481 e. The molecule has 148 valence electrons. The molecule has 0 aromatic carbocycles. The maximum atomic E-state index is 12.3. The highest BCUT2D eigenvalue weighted by molar-refractivity contribution is 5.97. The van der Waals surface area contributed by atoms with Gasteiger partial charge in [-0.3, -0.25) is 19.2 Å². The van der Waals surface area contributed by atoms with Crippen LogP contribution < -0.4 is 0 Å². The van der Waals surface area contributed by atoms with E-state index in [-0.39, 0.29) is 13.2 Å². The normalized spacial score (nSPS) is 26.9. The van der Waals surface area contributed by atoms with Crippen LogP contribution in [0.4, 0.5) is 0 Å². The first-order chi connectivity index (χ1) is 12.1. The Kier molecular flexibility index (Phi) is 7.97. The third-order valence-electron chi connectivity index (χ3n) is 4.10. The van der Waals surface area contributed by atoms with Crippen LogP contribution in [0.25, 0.3) is 0 Å². The summed E-state index contributed by atoms with van der Waals surface area (Å²) in [6.07, 6.45) is -1.38. The van der Waals surface area contributed by atoms with Crippen LogP contribution in [0.15, 0.2) is 0 Å². The zero-order valence-corrected chi connectivity index (χ0v) is 15.0. The molecule has 1 saturated carbocycles. The van der Waals surface area contributed by atoms with Gasteiger partial charge in [-0.1, -0.05) is 0 Å². The van der Waals surface area contributed by atoms with Gasteiger partial charge in [-0.2, -0.15) is 0 Å². The molecule has 26 heavy (non-hydrogen) atoms. The lowest BCUT2D eigenvalue weighted by Crippen LogP contribution is -2.61. The molecule has 1 fully saturated rings. The first-order valence-electron chi connectivity index (χ1n) is 8.00. The van der Waals surface area contributed by atoms with Crippen molar-refractivity contribution in [3.8, 4) is 0 Å². The zero-order chi connectivity index (χ0) is 20.0. The Hall–Kier alpha value is -2.20. The Balaban J connectivity index is 2.98. The van der Waals surface area contributed by atoms with Crippen molar-refractivity contribution in [3.63, 3.8) is 0 Å². The second kappa shape index (κ2) is 9.48. The lowest BCUT2D eigenvalue weighted by atomic mass is 9.56. The smallest absolute Gasteiger partial charge is 0.311 e. The van der Waals surface area contributed by atoms with Crippen LogP contribution in [-0.2, 0) is 38.1 Å². The number of methoxy groups -OCH3 is 2. The van der Waals surface area contributed by atoms with Crippen molar-refractivity contribution in [1.29, 1.82) is 0 Å². The van der Waals surface area contributed by atoms with E-state index in [4.69, 9.17) is 18.9 Å². The number of carbonyl (C=O) groups is 4. The van der Waals surface area contributed by atoms with Gasteiger partial charge in [0.2, 0.25) is 0 Å². The number of ether oxygens (including phenoxy) is 4. The van der Waals surface area contributed by atoms with Crippen LogP contribution in [-0.4, -0.2) is 73.7 Å². The SMILES string of the molecule is COCC(C)OC(=O)C1C(C(=O)O)C(C(=O)OC(C)COC)C1C(=O)O. The van der Waals surface area contributed by atoms with Crippen LogP contribution in [0.1, 0.15) is 13.8 Å². The summed E-state index contributed by atoms with van der Waals surface area (Å²) in [4.78, 5) is 47.6. The topological polar surface area (TPSA) is 146 Å². The number of aliphatic carboxylic acids is 2. The van der Waals surface area contributed by atoms with E-state index in [1.54, 1.807) is 0 Å². The number of rotatable bonds is 10. The molecule has 0 bridgehead atoms. The van der Waals surface area contributed by atoms with Gasteiger partial charge in [-0.15, -0.1) is 0 Å². The summed E-state index contributed by atoms with van der Waals surface area (Å²) >= 11 is 0. The van der Waals surface area contributed by atoms with Gasteiger partial charge in [0.15, 0.2) is 0 Å². The molecule has 0 radical (unpaired) electrons. The van der Waals surface area contributed by atoms with Gasteiger partial charge < -0.3 is 29.2 Å². The Morgan fingerprint density at radius 2 is 1.04 bits per heavy atom. The molecule has 0 amide bonds. The van der Waals surface area contributed by atoms with Crippen LogP contribution >= 0.6 is 0 Å². The second-order valence-electron chi connectivity index (χ2n) is 6.19. The highest BCUT2D eigenvalue weighted by Gasteiger charge is 2.65. The number of hydrogen-bond donors (Lipinski definition) is 2. The van der Waals surface area contributed by atoms with Gasteiger partial charge in [0.05, 0.1) is 36.9 Å². The average molecular weight is 376 g/mol. The summed E-state index contributed by atoms with van der Waals surface area (Å²) in [7, 11) is 2.78. The molecule has 0 heterocycles. The minimum Gasteiger partial charge on any atom is -0.481 e. The minimum atomic E-state index is -1.54. The standard InChI is InChI=1S/C16H24O10/c1-7(5-23-3)25-15(21)11-9(13(17)18)12(10(11)14(19)20)16(22)26-8(2)6-24-4/h7-12H,5-6H2,1-4H3,(H,17,18)(H,19,20). The molecule has 0 spiro atoms. The molecule has 2 N–H and O–H groups in total. The summed E-state index contributed by atoms with van der Waals surface area (Å²) in [6, 6.07) is 0. The second-order valence-corrected chi connectivity index (χ2v) is 6.19. The quantitative estimate of drug-likeness (QED) is 0.491. The highest BCUT2D eigenvalue weighted by Crippen LogP contribution is 2.48. The van der Waals surface area contributed by atoms with Crippen molar-refractivity contribution < 1.29 is 48.3 Å². The molecule has 0 aromatic heterocycles. The van der Waals surface area contributed by atoms with Crippen molar-refractivity contribution in [2.24, 2.45) is 23.7 Å². The lowest BCUT2D eigenvalue weighted by molar-refractivity contribution is -0.200. The number of carboxylic acids is 2. The number of carboxylic acid groups (broad SMARTS) is 2. The minimum absolute atomic E-state index is 0.0634. The van der Waals surface area contributed by atoms with E-state index in [1.165, 1.54) is 28.1 Å². The van der Waals surface area contributed by atoms with Crippen molar-refractivity contribution in [2.75, 3.05) is 27.4 Å². The van der Waals surface area contributed by atoms with Crippen molar-refractivity contribution >= 4 is 23.9 Å². The van der Waals surface area contributed by atoms with E-state index in [1.807, 2.05) is 0 Å². The Morgan fingerprint density at radius 1 is 0.731 bits per heavy atom. The van der Waals surface area contributed by atoms with Gasteiger partial charge in [0.25, 0.3) is 0 Å². The maximum absolute atomic E-state index is 12.3. The van der Waals surface area contributed by atoms with E-state index in [0.717, 1.165) is 0 Å². The average Bonchev–Trinajstić information content (AvgIpc) is 2.45. The maximum Gasteiger partial charge on any atom is 0.311 e. The van der Waals surface area contributed by atoms with Crippen LogP contribution in [0.5, 0.6) is 0 Å². The van der Waals surface area contributed by atoms with Crippen molar-refractivity contribution in [3.05, 3.63) is 0 Å². The molecule has 1 aliphatic carbocycles. The fourth-order valence-corrected chi connectivity index (χ4v) is 3.04. The highest BCUT2D eigenvalue weighted by atomic mass is 16.6. The van der Waals surface area contributed by atoms with Crippen LogP contribution in [0, 0.1) is 23.7 Å². The molecular formula is C16H24O10. The van der Waals surface area contributed by atoms with E-state index in [9.17, 15) is 29.4 Å². The molecule has 2 atom stereocenters. The summed E-state index contributed by atoms with van der Waals surface area (Å²) in [5.74, 6) is -11.0. The molecular weight excluding hydrogens is 352 g/mol. The molecule has 0 aliphatic heterocycles. The van der Waals surface area contributed by atoms with Crippen molar-refractivity contribution in [2.45, 2.75) is 26.1 Å². The van der Waals surface area contributed by atoms with Gasteiger partial charge >= 0.3 is 23.9 Å². The van der Waals surface area contributed by atoms with E-state index in [2.05, 4.69) is 0 Å². The summed E-state index contributed by atoms with van der Waals surface area (Å²) in [6.45, 7) is 3.16. The first-order valence-corrected chi connectivity index (χ1v) is 8.00. The molecule has 1 aliphatic rings. The zero-order valence-electron chi connectivity index (χ0n) is 15.0. The summed E-state index contributed by atoms with van der Waals surface area (Å²) in [5, 5.41) is 18.8. The summed E-state index contributed by atoms with van der Waals surface area (Å²) < 4.78 is 19.7. The van der Waals surface area contributed by atoms with Crippen molar-refractivity contribution in [1.82, 2.24) is 0 Å². The summed E-state index contributed by atoms with van der Waals surface area (Å²) in [5.41, 5.74) is 0. The molecule has 1 rings (SSSR count). The third-order valence-corrected chi connectivity index (χ3v) is 4.10. The Labute approximate surface area is 150 Å². The Morgan fingerprint density at radius 3 is 1.27 bits per heavy atom. The van der Waals surface area contributed by atoms with Gasteiger partial charge in [-0.25, -0.2) is 0 Å². The molecule has 2 unspecified atom stereocenters. The number of hydrogen-bond acceptors (Lipinski definition) is 8. The lowest BCUT2D eigenvalue weighted by Gasteiger charge is -2.44. The van der Waals surface area contributed by atoms with Gasteiger partial charge in [-0.05, 0) is 13.8 Å². The third kappa shape index (κ3) is 4.92. The Bertz CT molecular complexity index is 489. The molecule has 0 saturated heterocycles. The van der Waals surface area contributed by atoms with Gasteiger partial charge in [0, 0.05) is 14.2 Å². The predicted molar refractivity (Wildman–Crippen MR) is 84.1 cm³/mol. The van der Waals surface area contributed by atoms with Gasteiger partial charge in [0.1, 0.15) is 12.2 Å². The first kappa shape index (κ1) is 21.8. The molecule has 0 aromatic rings.